The summed E-state index contributed by atoms with van der Waals surface area (Å²) in [5.74, 6) is -0.575. The van der Waals surface area contributed by atoms with Gasteiger partial charge in [0.05, 0.1) is 19.3 Å². The van der Waals surface area contributed by atoms with Gasteiger partial charge >= 0.3 is 0 Å². The van der Waals surface area contributed by atoms with Crippen LogP contribution in [0.5, 0.6) is 0 Å². The van der Waals surface area contributed by atoms with Gasteiger partial charge in [-0.2, -0.15) is 0 Å². The van der Waals surface area contributed by atoms with Crippen molar-refractivity contribution in [1.82, 2.24) is 0 Å². The van der Waals surface area contributed by atoms with Crippen molar-refractivity contribution < 1.29 is 19.3 Å². The van der Waals surface area contributed by atoms with Crippen LogP contribution in [-0.2, 0) is 14.2 Å². The molecule has 2 aliphatic rings. The van der Waals surface area contributed by atoms with Crippen molar-refractivity contribution in [2.75, 3.05) is 13.2 Å². The van der Waals surface area contributed by atoms with Crippen molar-refractivity contribution in [2.24, 2.45) is 5.73 Å². The SMILES string of the molecule is CC1(C)O[C@@H]2[C@@H](O1)[C@@H](OCCO)C[C@H]2N. The van der Waals surface area contributed by atoms with E-state index in [1.54, 1.807) is 0 Å². The molecule has 0 unspecified atom stereocenters. The number of nitrogens with two attached hydrogens (primary N) is 1. The number of hydrogen-bond acceptors (Lipinski definition) is 5. The normalized spacial score (nSPS) is 43.2. The standard InChI is InChI=1S/C10H19NO4/c1-10(2)14-8-6(11)5-7(9(8)15-10)13-4-3-12/h6-9,12H,3-5,11H2,1-2H3/t6-,7+,8+,9+/m1/s1. The van der Waals surface area contributed by atoms with Gasteiger partial charge in [-0.3, -0.25) is 0 Å². The van der Waals surface area contributed by atoms with E-state index in [1.165, 1.54) is 0 Å². The van der Waals surface area contributed by atoms with Gasteiger partial charge in [-0.1, -0.05) is 0 Å². The van der Waals surface area contributed by atoms with Crippen LogP contribution in [0.2, 0.25) is 0 Å². The van der Waals surface area contributed by atoms with Crippen LogP contribution < -0.4 is 5.73 Å². The highest BCUT2D eigenvalue weighted by atomic mass is 16.8. The highest BCUT2D eigenvalue weighted by molar-refractivity contribution is 5.01. The molecule has 0 aromatic rings. The van der Waals surface area contributed by atoms with Gasteiger partial charge in [-0.15, -0.1) is 0 Å². The van der Waals surface area contributed by atoms with Crippen LogP contribution >= 0.6 is 0 Å². The van der Waals surface area contributed by atoms with Gasteiger partial charge < -0.3 is 25.1 Å². The summed E-state index contributed by atoms with van der Waals surface area (Å²) in [4.78, 5) is 0. The maximum Gasteiger partial charge on any atom is 0.163 e. The van der Waals surface area contributed by atoms with E-state index in [1.807, 2.05) is 13.8 Å². The number of ether oxygens (including phenoxy) is 3. The van der Waals surface area contributed by atoms with Crippen molar-refractivity contribution in [1.29, 1.82) is 0 Å². The molecule has 4 atom stereocenters. The zero-order valence-corrected chi connectivity index (χ0v) is 9.18. The molecule has 5 nitrogen and oxygen atoms in total. The maximum atomic E-state index is 8.71. The zero-order valence-electron chi connectivity index (χ0n) is 9.18. The Balaban J connectivity index is 1.99. The summed E-state index contributed by atoms with van der Waals surface area (Å²) in [5.41, 5.74) is 5.96. The third-order valence-corrected chi connectivity index (χ3v) is 2.88. The largest absolute Gasteiger partial charge is 0.394 e. The minimum absolute atomic E-state index is 0.0212. The molecule has 0 amide bonds. The van der Waals surface area contributed by atoms with Crippen molar-refractivity contribution in [2.45, 2.75) is 50.4 Å². The molecule has 0 aromatic heterocycles. The Bertz CT molecular complexity index is 233. The molecule has 15 heavy (non-hydrogen) atoms. The first-order valence-corrected chi connectivity index (χ1v) is 5.37. The Morgan fingerprint density at radius 1 is 1.40 bits per heavy atom. The van der Waals surface area contributed by atoms with Gasteiger partial charge in [0.25, 0.3) is 0 Å². The van der Waals surface area contributed by atoms with Crippen molar-refractivity contribution in [3.05, 3.63) is 0 Å². The van der Waals surface area contributed by atoms with Crippen LogP contribution in [0.1, 0.15) is 20.3 Å². The molecule has 0 bridgehead atoms. The molecule has 2 rings (SSSR count). The second-order valence-electron chi connectivity index (χ2n) is 4.60. The number of rotatable bonds is 3. The Labute approximate surface area is 89.5 Å². The molecule has 2 fully saturated rings. The predicted octanol–water partition coefficient (Wildman–Crippen LogP) is -0.385. The summed E-state index contributed by atoms with van der Waals surface area (Å²) in [6.45, 7) is 4.10. The van der Waals surface area contributed by atoms with Gasteiger partial charge in [-0.05, 0) is 20.3 Å². The van der Waals surface area contributed by atoms with Crippen molar-refractivity contribution in [3.63, 3.8) is 0 Å². The number of aliphatic hydroxyl groups is 1. The fraction of sp³-hybridized carbons (Fsp3) is 1.00. The number of hydrogen-bond donors (Lipinski definition) is 2. The fourth-order valence-corrected chi connectivity index (χ4v) is 2.34. The summed E-state index contributed by atoms with van der Waals surface area (Å²) >= 11 is 0. The Hall–Kier alpha value is -0.200. The first-order chi connectivity index (χ1) is 7.03. The Kier molecular flexibility index (Phi) is 3.00. The summed E-state index contributed by atoms with van der Waals surface area (Å²) in [6, 6.07) is -0.0412. The molecule has 1 saturated carbocycles. The highest BCUT2D eigenvalue weighted by Crippen LogP contribution is 2.38. The van der Waals surface area contributed by atoms with Gasteiger partial charge in [-0.25, -0.2) is 0 Å². The zero-order chi connectivity index (χ0) is 11.1. The molecular formula is C10H19NO4. The first-order valence-electron chi connectivity index (χ1n) is 5.37. The van der Waals surface area contributed by atoms with Crippen LogP contribution in [0, 0.1) is 0 Å². The smallest absolute Gasteiger partial charge is 0.163 e. The lowest BCUT2D eigenvalue weighted by atomic mass is 10.2. The summed E-state index contributed by atoms with van der Waals surface area (Å²) in [7, 11) is 0. The van der Waals surface area contributed by atoms with E-state index in [4.69, 9.17) is 25.1 Å². The van der Waals surface area contributed by atoms with Gasteiger partial charge in [0.15, 0.2) is 5.79 Å². The molecule has 88 valence electrons. The van der Waals surface area contributed by atoms with Gasteiger partial charge in [0.2, 0.25) is 0 Å². The van der Waals surface area contributed by atoms with Crippen LogP contribution in [0.4, 0.5) is 0 Å². The van der Waals surface area contributed by atoms with Crippen molar-refractivity contribution in [3.8, 4) is 0 Å². The van der Waals surface area contributed by atoms with E-state index < -0.39 is 5.79 Å². The number of aliphatic hydroxyl groups excluding tert-OH is 1. The molecular weight excluding hydrogens is 198 g/mol. The molecule has 0 spiro atoms. The molecule has 1 aliphatic heterocycles. The van der Waals surface area contributed by atoms with Crippen LogP contribution in [-0.4, -0.2) is 48.5 Å². The summed E-state index contributed by atoms with van der Waals surface area (Å²) < 4.78 is 16.9. The molecule has 0 aromatic carbocycles. The molecule has 1 heterocycles. The summed E-state index contributed by atoms with van der Waals surface area (Å²) in [6.07, 6.45) is 0.495. The average Bonchev–Trinajstić information content (AvgIpc) is 2.60. The molecule has 1 saturated heterocycles. The van der Waals surface area contributed by atoms with Crippen molar-refractivity contribution >= 4 is 0 Å². The van der Waals surface area contributed by atoms with E-state index in [-0.39, 0.29) is 31.0 Å². The highest BCUT2D eigenvalue weighted by Gasteiger charge is 2.53. The fourth-order valence-electron chi connectivity index (χ4n) is 2.34. The van der Waals surface area contributed by atoms with E-state index in [2.05, 4.69) is 0 Å². The van der Waals surface area contributed by atoms with E-state index in [0.29, 0.717) is 6.61 Å². The second kappa shape index (κ2) is 3.99. The minimum atomic E-state index is -0.575. The lowest BCUT2D eigenvalue weighted by molar-refractivity contribution is -0.168. The van der Waals surface area contributed by atoms with Gasteiger partial charge in [0, 0.05) is 6.04 Å². The van der Waals surface area contributed by atoms with E-state index >= 15 is 0 Å². The van der Waals surface area contributed by atoms with Crippen LogP contribution in [0.25, 0.3) is 0 Å². The second-order valence-corrected chi connectivity index (χ2v) is 4.60. The lowest BCUT2D eigenvalue weighted by Gasteiger charge is -2.22. The van der Waals surface area contributed by atoms with E-state index in [9.17, 15) is 0 Å². The summed E-state index contributed by atoms with van der Waals surface area (Å²) in [5, 5.41) is 8.71. The van der Waals surface area contributed by atoms with Crippen LogP contribution in [0.3, 0.4) is 0 Å². The molecule has 1 aliphatic carbocycles. The molecule has 3 N–H and O–H groups in total. The first kappa shape index (κ1) is 11.3. The monoisotopic (exact) mass is 217 g/mol. The lowest BCUT2D eigenvalue weighted by Crippen LogP contribution is -2.35. The molecule has 5 heteroatoms. The minimum Gasteiger partial charge on any atom is -0.394 e. The maximum absolute atomic E-state index is 8.71. The topological polar surface area (TPSA) is 73.9 Å². The third kappa shape index (κ3) is 2.16. The average molecular weight is 217 g/mol. The third-order valence-electron chi connectivity index (χ3n) is 2.88. The number of fused-ring (bicyclic) bond motifs is 1. The van der Waals surface area contributed by atoms with Gasteiger partial charge in [0.1, 0.15) is 12.2 Å². The molecule has 0 radical (unpaired) electrons. The Morgan fingerprint density at radius 2 is 2.07 bits per heavy atom. The van der Waals surface area contributed by atoms with Crippen LogP contribution in [0.15, 0.2) is 0 Å². The Morgan fingerprint density at radius 3 is 2.73 bits per heavy atom. The quantitative estimate of drug-likeness (QED) is 0.674. The van der Waals surface area contributed by atoms with E-state index in [0.717, 1.165) is 6.42 Å². The predicted molar refractivity (Wildman–Crippen MR) is 53.2 cm³/mol.